The monoisotopic (exact) mass is 634 g/mol. The van der Waals surface area contributed by atoms with Crippen molar-refractivity contribution >= 4 is 28.8 Å². The van der Waals surface area contributed by atoms with Crippen LogP contribution in [0.2, 0.25) is 0 Å². The van der Waals surface area contributed by atoms with Crippen molar-refractivity contribution in [1.29, 1.82) is 0 Å². The van der Waals surface area contributed by atoms with E-state index in [0.29, 0.717) is 18.5 Å². The number of piperidine rings is 1. The minimum atomic E-state index is -0.548. The number of nitrogens with one attached hydrogen (secondary N) is 1. The largest absolute Gasteiger partial charge is 0.508 e. The number of phenolic OH excluding ortho intramolecular Hbond substituents is 1. The van der Waals surface area contributed by atoms with Gasteiger partial charge in [0.25, 0.3) is 0 Å². The highest BCUT2D eigenvalue weighted by Crippen LogP contribution is 2.49. The maximum atomic E-state index is 12.4. The van der Waals surface area contributed by atoms with E-state index in [4.69, 9.17) is 4.74 Å². The zero-order valence-corrected chi connectivity index (χ0v) is 27.4. The minimum Gasteiger partial charge on any atom is -0.508 e. The summed E-state index contributed by atoms with van der Waals surface area (Å²) in [6.07, 6.45) is 4.37. The van der Waals surface area contributed by atoms with Gasteiger partial charge in [-0.25, -0.2) is 0 Å². The summed E-state index contributed by atoms with van der Waals surface area (Å²) < 4.78 is 5.06. The van der Waals surface area contributed by atoms with Gasteiger partial charge in [0.2, 0.25) is 0 Å². The lowest BCUT2D eigenvalue weighted by atomic mass is 9.64. The van der Waals surface area contributed by atoms with Crippen LogP contribution >= 0.6 is 0 Å². The number of methoxy groups -OCH3 is 1. The van der Waals surface area contributed by atoms with Crippen LogP contribution in [0.5, 0.6) is 5.75 Å². The summed E-state index contributed by atoms with van der Waals surface area (Å²) in [6.45, 7) is 6.65. The summed E-state index contributed by atoms with van der Waals surface area (Å²) in [7, 11) is 1.45. The molecule has 0 spiro atoms. The number of fused-ring (bicyclic) bond motifs is 5. The van der Waals surface area contributed by atoms with Crippen LogP contribution in [0, 0.1) is 24.7 Å². The molecule has 3 heterocycles. The number of ether oxygens (including phenoxy) is 1. The second kappa shape index (κ2) is 13.5. The number of carbonyl (C=O) groups excluding carboxylic acids is 1. The molecular weight excluding hydrogens is 588 g/mol. The smallest absolute Gasteiger partial charge is 0.311 e. The Kier molecular flexibility index (Phi) is 9.06. The number of esters is 1. The molecule has 1 saturated heterocycles. The predicted molar refractivity (Wildman–Crippen MR) is 186 cm³/mol. The third-order valence-corrected chi connectivity index (χ3v) is 10.9. The number of aryl methyl sites for hydroxylation is 1. The van der Waals surface area contributed by atoms with Crippen LogP contribution in [0.1, 0.15) is 42.4 Å². The van der Waals surface area contributed by atoms with E-state index in [0.717, 1.165) is 75.5 Å². The molecule has 0 aromatic heterocycles. The number of hydrogen-bond donors (Lipinski definition) is 3. The molecule has 3 N–H and O–H groups in total. The van der Waals surface area contributed by atoms with Crippen molar-refractivity contribution in [3.05, 3.63) is 95.1 Å². The van der Waals surface area contributed by atoms with Crippen LogP contribution in [0.3, 0.4) is 0 Å². The molecule has 246 valence electrons. The van der Waals surface area contributed by atoms with Gasteiger partial charge in [0, 0.05) is 43.1 Å². The molecule has 0 unspecified atom stereocenters. The van der Waals surface area contributed by atoms with Crippen LogP contribution in [-0.4, -0.2) is 78.9 Å². The third kappa shape index (κ3) is 6.41. The number of aromatic hydroxyl groups is 1. The Morgan fingerprint density at radius 1 is 1.06 bits per heavy atom. The fourth-order valence-electron chi connectivity index (χ4n) is 8.58. The molecule has 0 bridgehead atoms. The van der Waals surface area contributed by atoms with E-state index in [2.05, 4.69) is 75.6 Å². The van der Waals surface area contributed by atoms with E-state index in [1.807, 2.05) is 12.1 Å². The van der Waals surface area contributed by atoms with Gasteiger partial charge in [-0.15, -0.1) is 0 Å². The highest BCUT2D eigenvalue weighted by Gasteiger charge is 2.50. The Labute approximate surface area is 277 Å². The van der Waals surface area contributed by atoms with E-state index in [1.165, 1.54) is 23.8 Å². The Balaban J connectivity index is 0.000000153. The summed E-state index contributed by atoms with van der Waals surface area (Å²) in [4.78, 5) is 21.7. The minimum absolute atomic E-state index is 0.222. The van der Waals surface area contributed by atoms with Crippen molar-refractivity contribution < 1.29 is 19.7 Å². The lowest BCUT2D eigenvalue weighted by Crippen LogP contribution is -2.56. The molecule has 3 aromatic carbocycles. The van der Waals surface area contributed by atoms with Gasteiger partial charge in [-0.3, -0.25) is 14.7 Å². The van der Waals surface area contributed by atoms with Gasteiger partial charge < -0.3 is 25.2 Å². The number of carbonyl (C=O) groups is 1. The molecule has 8 rings (SSSR count). The van der Waals surface area contributed by atoms with Crippen molar-refractivity contribution in [3.63, 3.8) is 0 Å². The summed E-state index contributed by atoms with van der Waals surface area (Å²) in [5.41, 5.74) is 9.28. The average Bonchev–Trinajstić information content (AvgIpc) is 3.75. The number of nitrogens with zero attached hydrogens (tertiary/aromatic N) is 3. The molecule has 2 aliphatic carbocycles. The normalized spacial score (nSPS) is 26.0. The molecule has 8 nitrogen and oxygen atoms in total. The van der Waals surface area contributed by atoms with Gasteiger partial charge in [-0.2, -0.15) is 0 Å². The molecule has 3 aliphatic heterocycles. The zero-order valence-electron chi connectivity index (χ0n) is 27.4. The molecule has 2 fully saturated rings. The first kappa shape index (κ1) is 31.5. The van der Waals surface area contributed by atoms with E-state index < -0.39 is 6.10 Å². The molecule has 3 aromatic rings. The lowest BCUT2D eigenvalue weighted by Gasteiger charge is -2.51. The van der Waals surface area contributed by atoms with Crippen LogP contribution in [0.15, 0.2) is 83.4 Å². The molecule has 5 aliphatic rings. The van der Waals surface area contributed by atoms with Crippen LogP contribution in [-0.2, 0) is 16.0 Å². The molecule has 8 heteroatoms. The highest BCUT2D eigenvalue weighted by atomic mass is 16.5. The topological polar surface area (TPSA) is 97.6 Å². The quantitative estimate of drug-likeness (QED) is 0.320. The van der Waals surface area contributed by atoms with Gasteiger partial charge in [0.15, 0.2) is 0 Å². The first-order valence-corrected chi connectivity index (χ1v) is 17.1. The number of hydrogen-bond acceptors (Lipinski definition) is 8. The standard InChI is InChI=1S/C22H27NO3.C17H19N3O/c1-26-22(25)21-17-11-19-18-10-13-4-2-3-5-15(13)16(18)8-9-23(19)12-14(17)6-7-20(21)24;1-13-5-7-14(8-6-13)20(12-17-18-9-10-19-17)15-3-2-4-16(21)11-15/h2-5,14,17,19-21,24H,6-12H2,1H3;2-8,11,21H,9-10,12H2,1H3,(H,18,19)/t14-,17+,19+,20+,21-;/m0./s1. The van der Waals surface area contributed by atoms with Crippen LogP contribution in [0.4, 0.5) is 11.4 Å². The third-order valence-electron chi connectivity index (χ3n) is 10.9. The molecular formula is C39H46N4O4. The van der Waals surface area contributed by atoms with E-state index in [9.17, 15) is 15.0 Å². The van der Waals surface area contributed by atoms with Crippen LogP contribution < -0.4 is 10.2 Å². The highest BCUT2D eigenvalue weighted by molar-refractivity contribution is 5.90. The molecule has 5 atom stereocenters. The summed E-state index contributed by atoms with van der Waals surface area (Å²) in [6, 6.07) is 24.9. The zero-order chi connectivity index (χ0) is 32.5. The summed E-state index contributed by atoms with van der Waals surface area (Å²) in [5, 5.41) is 23.5. The van der Waals surface area contributed by atoms with Crippen molar-refractivity contribution in [2.75, 3.05) is 44.7 Å². The van der Waals surface area contributed by atoms with Gasteiger partial charge in [-0.1, -0.05) is 48.0 Å². The number of anilines is 2. The Morgan fingerprint density at radius 2 is 1.89 bits per heavy atom. The predicted octanol–water partition coefficient (Wildman–Crippen LogP) is 5.49. The Bertz CT molecular complexity index is 1670. The summed E-state index contributed by atoms with van der Waals surface area (Å²) >= 11 is 0. The number of aliphatic hydroxyl groups is 1. The van der Waals surface area contributed by atoms with Gasteiger partial charge in [0.1, 0.15) is 11.6 Å². The number of amidine groups is 1. The molecule has 0 amide bonds. The SMILES string of the molecule is COC(=O)[C@H]1[C@@H]2C[C@@H]3C4=C(CCN3C[C@@H]2CC[C@H]1O)c1ccccc1C4.Cc1ccc(N(CC2=NCCN2)c2cccc(O)c2)cc1. The summed E-state index contributed by atoms with van der Waals surface area (Å²) in [5.74, 6) is 1.42. The van der Waals surface area contributed by atoms with Gasteiger partial charge in [-0.05, 0) is 97.4 Å². The maximum absolute atomic E-state index is 12.4. The maximum Gasteiger partial charge on any atom is 0.311 e. The van der Waals surface area contributed by atoms with Crippen molar-refractivity contribution in [2.45, 2.75) is 51.2 Å². The van der Waals surface area contributed by atoms with Crippen LogP contribution in [0.25, 0.3) is 5.57 Å². The second-order valence-corrected chi connectivity index (χ2v) is 13.6. The fourth-order valence-corrected chi connectivity index (χ4v) is 8.58. The molecule has 0 radical (unpaired) electrons. The first-order valence-electron chi connectivity index (χ1n) is 17.1. The fraction of sp³-hybridized carbons (Fsp3) is 0.436. The van der Waals surface area contributed by atoms with Crippen molar-refractivity contribution in [3.8, 4) is 5.75 Å². The lowest BCUT2D eigenvalue weighted by molar-refractivity contribution is -0.159. The van der Waals surface area contributed by atoms with Crippen molar-refractivity contribution in [2.24, 2.45) is 22.7 Å². The van der Waals surface area contributed by atoms with E-state index >= 15 is 0 Å². The van der Waals surface area contributed by atoms with E-state index in [-0.39, 0.29) is 23.6 Å². The number of benzene rings is 3. The number of rotatable bonds is 5. The molecule has 47 heavy (non-hydrogen) atoms. The van der Waals surface area contributed by atoms with Gasteiger partial charge >= 0.3 is 5.97 Å². The Morgan fingerprint density at radius 3 is 2.66 bits per heavy atom. The molecule has 1 saturated carbocycles. The number of phenols is 1. The average molecular weight is 635 g/mol. The van der Waals surface area contributed by atoms with Gasteiger partial charge in [0.05, 0.1) is 32.2 Å². The van der Waals surface area contributed by atoms with E-state index in [1.54, 1.807) is 23.3 Å². The second-order valence-electron chi connectivity index (χ2n) is 13.6. The first-order chi connectivity index (χ1) is 22.9. The number of aliphatic imine (C=N–C) groups is 1. The number of aliphatic hydroxyl groups excluding tert-OH is 1. The van der Waals surface area contributed by atoms with Crippen molar-refractivity contribution in [1.82, 2.24) is 10.2 Å². The Hall–Kier alpha value is -4.14.